The highest BCUT2D eigenvalue weighted by Gasteiger charge is 2.16. The normalized spacial score (nSPS) is 21.0. The van der Waals surface area contributed by atoms with E-state index < -0.39 is 0 Å². The fourth-order valence-electron chi connectivity index (χ4n) is 1.86. The summed E-state index contributed by atoms with van der Waals surface area (Å²) in [5.41, 5.74) is 0. The van der Waals surface area contributed by atoms with Crippen molar-refractivity contribution >= 4 is 23.7 Å². The summed E-state index contributed by atoms with van der Waals surface area (Å²) >= 11 is 2.02. The molecule has 1 fully saturated rings. The van der Waals surface area contributed by atoms with Gasteiger partial charge in [0.1, 0.15) is 0 Å². The van der Waals surface area contributed by atoms with Gasteiger partial charge < -0.3 is 15.4 Å². The van der Waals surface area contributed by atoms with E-state index in [2.05, 4.69) is 15.6 Å². The highest BCUT2D eigenvalue weighted by molar-refractivity contribution is 8.00. The topological polar surface area (TPSA) is 62.7 Å². The van der Waals surface area contributed by atoms with E-state index in [1.54, 1.807) is 0 Å². The molecule has 6 heteroatoms. The quantitative estimate of drug-likeness (QED) is 0.437. The molecule has 0 aliphatic carbocycles. The molecule has 19 heavy (non-hydrogen) atoms. The summed E-state index contributed by atoms with van der Waals surface area (Å²) in [6.07, 6.45) is 2.58. The van der Waals surface area contributed by atoms with Crippen molar-refractivity contribution in [2.24, 2.45) is 10.9 Å². The van der Waals surface area contributed by atoms with Crippen LogP contribution in [0.2, 0.25) is 0 Å². The van der Waals surface area contributed by atoms with Crippen molar-refractivity contribution in [2.45, 2.75) is 31.9 Å². The number of carbonyl (C=O) groups excluding carboxylic acids is 1. The Morgan fingerprint density at radius 1 is 1.53 bits per heavy atom. The molecule has 0 radical (unpaired) electrons. The van der Waals surface area contributed by atoms with Crippen LogP contribution in [0.15, 0.2) is 4.99 Å². The molecule has 0 aromatic carbocycles. The van der Waals surface area contributed by atoms with Gasteiger partial charge in [-0.05, 0) is 25.5 Å². The van der Waals surface area contributed by atoms with Gasteiger partial charge in [0.05, 0.1) is 19.6 Å². The minimum Gasteiger partial charge on any atom is -0.469 e. The van der Waals surface area contributed by atoms with Crippen LogP contribution in [0.3, 0.4) is 0 Å². The first-order chi connectivity index (χ1) is 9.17. The third-order valence-corrected chi connectivity index (χ3v) is 4.39. The van der Waals surface area contributed by atoms with Gasteiger partial charge in [0.25, 0.3) is 0 Å². The SMILES string of the molecule is CCNC(=NCC(C)C(=O)OC)NCC1CCCS1. The van der Waals surface area contributed by atoms with Crippen molar-refractivity contribution in [3.8, 4) is 0 Å². The minimum absolute atomic E-state index is 0.207. The summed E-state index contributed by atoms with van der Waals surface area (Å²) in [4.78, 5) is 15.7. The zero-order chi connectivity index (χ0) is 14.1. The van der Waals surface area contributed by atoms with E-state index >= 15 is 0 Å². The maximum atomic E-state index is 11.3. The van der Waals surface area contributed by atoms with Crippen molar-refractivity contribution in [1.82, 2.24) is 10.6 Å². The standard InChI is InChI=1S/C13H25N3O2S/c1-4-14-13(15-8-10(2)12(17)18-3)16-9-11-6-5-7-19-11/h10-11H,4-9H2,1-3H3,(H2,14,15,16). The van der Waals surface area contributed by atoms with Gasteiger partial charge in [-0.25, -0.2) is 0 Å². The Hall–Kier alpha value is -0.910. The van der Waals surface area contributed by atoms with Crippen LogP contribution in [0.5, 0.6) is 0 Å². The lowest BCUT2D eigenvalue weighted by Gasteiger charge is -2.15. The van der Waals surface area contributed by atoms with E-state index in [1.165, 1.54) is 25.7 Å². The molecule has 110 valence electrons. The number of hydrogen-bond donors (Lipinski definition) is 2. The number of rotatable bonds is 6. The monoisotopic (exact) mass is 287 g/mol. The summed E-state index contributed by atoms with van der Waals surface area (Å²) in [5.74, 6) is 1.62. The van der Waals surface area contributed by atoms with Crippen molar-refractivity contribution in [2.75, 3.05) is 32.5 Å². The third kappa shape index (κ3) is 6.18. The summed E-state index contributed by atoms with van der Waals surface area (Å²) in [6.45, 7) is 6.05. The van der Waals surface area contributed by atoms with E-state index in [-0.39, 0.29) is 11.9 Å². The van der Waals surface area contributed by atoms with Gasteiger partial charge in [0.15, 0.2) is 5.96 Å². The number of aliphatic imine (C=N–C) groups is 1. The second-order valence-corrected chi connectivity index (χ2v) is 6.07. The molecule has 1 aliphatic rings. The van der Waals surface area contributed by atoms with E-state index in [9.17, 15) is 4.79 Å². The molecule has 0 saturated carbocycles. The van der Waals surface area contributed by atoms with Gasteiger partial charge >= 0.3 is 5.97 Å². The maximum absolute atomic E-state index is 11.3. The second kappa shape index (κ2) is 9.07. The average molecular weight is 287 g/mol. The lowest BCUT2D eigenvalue weighted by Crippen LogP contribution is -2.40. The number of esters is 1. The van der Waals surface area contributed by atoms with E-state index in [0.717, 1.165) is 19.0 Å². The Kier molecular flexibility index (Phi) is 7.70. The number of ether oxygens (including phenoxy) is 1. The number of methoxy groups -OCH3 is 1. The second-order valence-electron chi connectivity index (χ2n) is 4.66. The molecule has 1 heterocycles. The Morgan fingerprint density at radius 3 is 2.89 bits per heavy atom. The van der Waals surface area contributed by atoms with Crippen molar-refractivity contribution in [3.05, 3.63) is 0 Å². The Morgan fingerprint density at radius 2 is 2.32 bits per heavy atom. The highest BCUT2D eigenvalue weighted by atomic mass is 32.2. The number of carbonyl (C=O) groups is 1. The molecule has 2 N–H and O–H groups in total. The van der Waals surface area contributed by atoms with Crippen LogP contribution in [0.25, 0.3) is 0 Å². The minimum atomic E-state index is -0.217. The van der Waals surface area contributed by atoms with E-state index in [4.69, 9.17) is 4.74 Å². The first kappa shape index (κ1) is 16.1. The molecule has 0 aromatic rings. The fraction of sp³-hybridized carbons (Fsp3) is 0.846. The van der Waals surface area contributed by atoms with Gasteiger partial charge in [0, 0.05) is 18.3 Å². The predicted octanol–water partition coefficient (Wildman–Crippen LogP) is 1.25. The molecule has 2 atom stereocenters. The van der Waals surface area contributed by atoms with Crippen LogP contribution < -0.4 is 10.6 Å². The molecule has 0 bridgehead atoms. The van der Waals surface area contributed by atoms with E-state index in [0.29, 0.717) is 11.8 Å². The highest BCUT2D eigenvalue weighted by Crippen LogP contribution is 2.25. The maximum Gasteiger partial charge on any atom is 0.310 e. The van der Waals surface area contributed by atoms with Gasteiger partial charge in [0.2, 0.25) is 0 Å². The lowest BCUT2D eigenvalue weighted by molar-refractivity contribution is -0.144. The molecule has 0 aromatic heterocycles. The zero-order valence-electron chi connectivity index (χ0n) is 12.1. The van der Waals surface area contributed by atoms with Crippen molar-refractivity contribution in [1.29, 1.82) is 0 Å². The van der Waals surface area contributed by atoms with E-state index in [1.807, 2.05) is 25.6 Å². The van der Waals surface area contributed by atoms with Gasteiger partial charge in [-0.15, -0.1) is 0 Å². The van der Waals surface area contributed by atoms with Gasteiger partial charge in [-0.3, -0.25) is 9.79 Å². The molecule has 0 spiro atoms. The Labute approximate surface area is 120 Å². The number of nitrogens with zero attached hydrogens (tertiary/aromatic N) is 1. The largest absolute Gasteiger partial charge is 0.469 e. The molecular formula is C13H25N3O2S. The molecule has 1 rings (SSSR count). The molecule has 2 unspecified atom stereocenters. The van der Waals surface area contributed by atoms with Crippen LogP contribution in [-0.4, -0.2) is 49.7 Å². The number of hydrogen-bond acceptors (Lipinski definition) is 4. The van der Waals surface area contributed by atoms with Crippen molar-refractivity contribution < 1.29 is 9.53 Å². The third-order valence-electron chi connectivity index (χ3n) is 2.99. The van der Waals surface area contributed by atoms with Crippen LogP contribution in [0.1, 0.15) is 26.7 Å². The van der Waals surface area contributed by atoms with Crippen LogP contribution in [0.4, 0.5) is 0 Å². The number of thioether (sulfide) groups is 1. The number of nitrogens with one attached hydrogen (secondary N) is 2. The smallest absolute Gasteiger partial charge is 0.310 e. The van der Waals surface area contributed by atoms with Gasteiger partial charge in [-0.1, -0.05) is 6.92 Å². The molecule has 5 nitrogen and oxygen atoms in total. The lowest BCUT2D eigenvalue weighted by atomic mass is 10.2. The first-order valence-electron chi connectivity index (χ1n) is 6.89. The summed E-state index contributed by atoms with van der Waals surface area (Å²) in [7, 11) is 1.41. The zero-order valence-corrected chi connectivity index (χ0v) is 12.9. The number of guanidine groups is 1. The summed E-state index contributed by atoms with van der Waals surface area (Å²) in [6, 6.07) is 0. The fourth-order valence-corrected chi connectivity index (χ4v) is 3.06. The summed E-state index contributed by atoms with van der Waals surface area (Å²) < 4.78 is 4.69. The van der Waals surface area contributed by atoms with Crippen LogP contribution in [0, 0.1) is 5.92 Å². The first-order valence-corrected chi connectivity index (χ1v) is 7.93. The van der Waals surface area contributed by atoms with Crippen LogP contribution >= 0.6 is 11.8 Å². The molecule has 1 aliphatic heterocycles. The average Bonchev–Trinajstić information content (AvgIpc) is 2.93. The summed E-state index contributed by atoms with van der Waals surface area (Å²) in [5, 5.41) is 7.22. The van der Waals surface area contributed by atoms with Crippen LogP contribution in [-0.2, 0) is 9.53 Å². The van der Waals surface area contributed by atoms with Gasteiger partial charge in [-0.2, -0.15) is 11.8 Å². The molecular weight excluding hydrogens is 262 g/mol. The Bertz CT molecular complexity index is 304. The molecule has 1 saturated heterocycles. The predicted molar refractivity (Wildman–Crippen MR) is 80.6 cm³/mol. The molecule has 0 amide bonds. The Balaban J connectivity index is 2.38. The van der Waals surface area contributed by atoms with Crippen molar-refractivity contribution in [3.63, 3.8) is 0 Å².